The quantitative estimate of drug-likeness (QED) is 0.933. The van der Waals surface area contributed by atoms with Crippen molar-refractivity contribution in [1.29, 1.82) is 5.26 Å². The van der Waals surface area contributed by atoms with E-state index in [0.29, 0.717) is 17.3 Å². The highest BCUT2D eigenvalue weighted by atomic mass is 16.5. The number of nitrogens with one attached hydrogen (secondary N) is 1. The molecule has 21 heavy (non-hydrogen) atoms. The minimum Gasteiger partial charge on any atom is -0.493 e. The number of hydrogen-bond donors (Lipinski definition) is 1. The molecule has 0 spiro atoms. The van der Waals surface area contributed by atoms with Crippen molar-refractivity contribution in [1.82, 2.24) is 15.4 Å². The third-order valence-corrected chi connectivity index (χ3v) is 3.98. The van der Waals surface area contributed by atoms with Gasteiger partial charge in [-0.2, -0.15) is 5.26 Å². The van der Waals surface area contributed by atoms with Crippen molar-refractivity contribution < 1.29 is 4.74 Å². The van der Waals surface area contributed by atoms with Crippen LogP contribution < -0.4 is 4.74 Å². The molecule has 108 valence electrons. The fourth-order valence-corrected chi connectivity index (χ4v) is 2.81. The van der Waals surface area contributed by atoms with Gasteiger partial charge in [0, 0.05) is 5.56 Å². The summed E-state index contributed by atoms with van der Waals surface area (Å²) in [6.07, 6.45) is 6.52. The smallest absolute Gasteiger partial charge is 0.163 e. The number of rotatable bonds is 4. The van der Waals surface area contributed by atoms with Crippen LogP contribution in [0.1, 0.15) is 37.8 Å². The molecule has 5 heteroatoms. The summed E-state index contributed by atoms with van der Waals surface area (Å²) in [7, 11) is 0. The van der Waals surface area contributed by atoms with Crippen LogP contribution in [0.5, 0.6) is 5.75 Å². The topological polar surface area (TPSA) is 74.6 Å². The molecule has 1 N–H and O–H groups in total. The van der Waals surface area contributed by atoms with Crippen LogP contribution >= 0.6 is 0 Å². The molecule has 1 saturated carbocycles. The van der Waals surface area contributed by atoms with Gasteiger partial charge in [-0.15, -0.1) is 5.10 Å². The lowest BCUT2D eigenvalue weighted by molar-refractivity contribution is 0.209. The van der Waals surface area contributed by atoms with E-state index in [2.05, 4.69) is 21.5 Å². The third kappa shape index (κ3) is 3.22. The lowest BCUT2D eigenvalue weighted by atomic mass is 9.90. The van der Waals surface area contributed by atoms with Crippen molar-refractivity contribution in [3.8, 4) is 23.1 Å². The average Bonchev–Trinajstić information content (AvgIpc) is 3.03. The highest BCUT2D eigenvalue weighted by molar-refractivity contribution is 5.65. The summed E-state index contributed by atoms with van der Waals surface area (Å²) in [5.74, 6) is 1.49. The summed E-state index contributed by atoms with van der Waals surface area (Å²) in [4.78, 5) is 0. The first kappa shape index (κ1) is 13.6. The minimum absolute atomic E-state index is 0.374. The van der Waals surface area contributed by atoms with Crippen LogP contribution in [0.3, 0.4) is 0 Å². The number of nitrogens with zero attached hydrogens (tertiary/aromatic N) is 3. The molecule has 3 rings (SSSR count). The molecular formula is C16H18N4O. The summed E-state index contributed by atoms with van der Waals surface area (Å²) in [5.41, 5.74) is 1.79. The number of aromatic nitrogens is 3. The molecule has 0 unspecified atom stereocenters. The Labute approximate surface area is 123 Å². The fourth-order valence-electron chi connectivity index (χ4n) is 2.81. The SMILES string of the molecule is N#Cc1[nH]nnc1-c1cccc(OCC2CCCCC2)c1. The van der Waals surface area contributed by atoms with Gasteiger partial charge < -0.3 is 4.74 Å². The van der Waals surface area contributed by atoms with Gasteiger partial charge in [0.25, 0.3) is 0 Å². The maximum Gasteiger partial charge on any atom is 0.163 e. The number of nitriles is 1. The summed E-state index contributed by atoms with van der Waals surface area (Å²) in [6.45, 7) is 0.771. The molecule has 1 aromatic heterocycles. The van der Waals surface area contributed by atoms with Gasteiger partial charge in [-0.25, -0.2) is 5.10 Å². The predicted molar refractivity (Wildman–Crippen MR) is 78.6 cm³/mol. The predicted octanol–water partition coefficient (Wildman–Crippen LogP) is 3.30. The molecule has 1 fully saturated rings. The van der Waals surface area contributed by atoms with Gasteiger partial charge in [0.15, 0.2) is 5.69 Å². The van der Waals surface area contributed by atoms with E-state index in [9.17, 15) is 0 Å². The van der Waals surface area contributed by atoms with E-state index in [1.54, 1.807) is 0 Å². The van der Waals surface area contributed by atoms with Gasteiger partial charge >= 0.3 is 0 Å². The number of H-pyrrole nitrogens is 1. The molecule has 1 aliphatic carbocycles. The zero-order valence-electron chi connectivity index (χ0n) is 11.9. The monoisotopic (exact) mass is 282 g/mol. The first-order valence-corrected chi connectivity index (χ1v) is 7.41. The van der Waals surface area contributed by atoms with E-state index in [1.807, 2.05) is 24.3 Å². The Bertz CT molecular complexity index is 638. The van der Waals surface area contributed by atoms with Crippen molar-refractivity contribution in [3.05, 3.63) is 30.0 Å². The summed E-state index contributed by atoms with van der Waals surface area (Å²) < 4.78 is 5.92. The van der Waals surface area contributed by atoms with Crippen LogP contribution in [0.25, 0.3) is 11.3 Å². The Hall–Kier alpha value is -2.35. The Morgan fingerprint density at radius 2 is 2.14 bits per heavy atom. The number of ether oxygens (including phenoxy) is 1. The first-order chi connectivity index (χ1) is 10.4. The van der Waals surface area contributed by atoms with E-state index in [1.165, 1.54) is 32.1 Å². The van der Waals surface area contributed by atoms with Crippen LogP contribution in [-0.4, -0.2) is 22.0 Å². The Balaban J connectivity index is 1.70. The third-order valence-electron chi connectivity index (χ3n) is 3.98. The van der Waals surface area contributed by atoms with E-state index >= 15 is 0 Å². The largest absolute Gasteiger partial charge is 0.493 e. The molecule has 1 aliphatic rings. The fraction of sp³-hybridized carbons (Fsp3) is 0.438. The second kappa shape index (κ2) is 6.40. The van der Waals surface area contributed by atoms with Crippen LogP contribution in [0, 0.1) is 17.2 Å². The molecule has 0 saturated heterocycles. The Morgan fingerprint density at radius 1 is 1.29 bits per heavy atom. The summed E-state index contributed by atoms with van der Waals surface area (Å²) >= 11 is 0. The standard InChI is InChI=1S/C16H18N4O/c17-10-15-16(19-20-18-15)13-7-4-8-14(9-13)21-11-12-5-2-1-3-6-12/h4,7-9,12H,1-3,5-6,11H2,(H,18,19,20). The van der Waals surface area contributed by atoms with Crippen molar-refractivity contribution in [2.45, 2.75) is 32.1 Å². The van der Waals surface area contributed by atoms with Crippen molar-refractivity contribution in [2.75, 3.05) is 6.61 Å². The molecule has 0 bridgehead atoms. The summed E-state index contributed by atoms with van der Waals surface area (Å²) in [5, 5.41) is 19.3. The van der Waals surface area contributed by atoms with Crippen LogP contribution in [0.4, 0.5) is 0 Å². The molecule has 0 amide bonds. The van der Waals surface area contributed by atoms with Crippen molar-refractivity contribution in [2.24, 2.45) is 5.92 Å². The maximum atomic E-state index is 9.02. The Kier molecular flexibility index (Phi) is 4.15. The Morgan fingerprint density at radius 3 is 2.95 bits per heavy atom. The molecule has 1 heterocycles. The first-order valence-electron chi connectivity index (χ1n) is 7.41. The lowest BCUT2D eigenvalue weighted by Gasteiger charge is -2.21. The zero-order chi connectivity index (χ0) is 14.5. The van der Waals surface area contributed by atoms with Gasteiger partial charge in [-0.05, 0) is 30.9 Å². The molecule has 0 radical (unpaired) electrons. The molecule has 2 aromatic rings. The van der Waals surface area contributed by atoms with Crippen LogP contribution in [0.2, 0.25) is 0 Å². The van der Waals surface area contributed by atoms with Gasteiger partial charge in [0.1, 0.15) is 17.5 Å². The second-order valence-corrected chi connectivity index (χ2v) is 5.49. The zero-order valence-corrected chi connectivity index (χ0v) is 11.9. The maximum absolute atomic E-state index is 9.02. The normalized spacial score (nSPS) is 15.6. The number of hydrogen-bond acceptors (Lipinski definition) is 4. The van der Waals surface area contributed by atoms with E-state index in [-0.39, 0.29) is 0 Å². The lowest BCUT2D eigenvalue weighted by Crippen LogP contribution is -2.15. The van der Waals surface area contributed by atoms with E-state index < -0.39 is 0 Å². The highest BCUT2D eigenvalue weighted by Crippen LogP contribution is 2.27. The highest BCUT2D eigenvalue weighted by Gasteiger charge is 2.14. The molecule has 5 nitrogen and oxygen atoms in total. The van der Waals surface area contributed by atoms with Gasteiger partial charge in [0.05, 0.1) is 6.61 Å². The van der Waals surface area contributed by atoms with Crippen molar-refractivity contribution in [3.63, 3.8) is 0 Å². The van der Waals surface area contributed by atoms with Gasteiger partial charge in [0.2, 0.25) is 0 Å². The van der Waals surface area contributed by atoms with E-state index in [4.69, 9.17) is 10.00 Å². The molecule has 0 aliphatic heterocycles. The minimum atomic E-state index is 0.374. The van der Waals surface area contributed by atoms with Crippen LogP contribution in [0.15, 0.2) is 24.3 Å². The second-order valence-electron chi connectivity index (χ2n) is 5.49. The van der Waals surface area contributed by atoms with Gasteiger partial charge in [-0.3, -0.25) is 0 Å². The summed E-state index contributed by atoms with van der Waals surface area (Å²) in [6, 6.07) is 9.74. The average molecular weight is 282 g/mol. The van der Waals surface area contributed by atoms with Crippen LogP contribution in [-0.2, 0) is 0 Å². The van der Waals surface area contributed by atoms with Crippen molar-refractivity contribution >= 4 is 0 Å². The number of aromatic amines is 1. The van der Waals surface area contributed by atoms with Gasteiger partial charge in [-0.1, -0.05) is 36.6 Å². The number of benzene rings is 1. The molecule has 0 atom stereocenters. The van der Waals surface area contributed by atoms with E-state index in [0.717, 1.165) is 17.9 Å². The molecular weight excluding hydrogens is 264 g/mol. The molecule has 1 aromatic carbocycles.